The molecule has 0 radical (unpaired) electrons. The fourth-order valence-corrected chi connectivity index (χ4v) is 2.91. The number of benzene rings is 1. The Bertz CT molecular complexity index is 1060. The van der Waals surface area contributed by atoms with Gasteiger partial charge >= 0.3 is 5.82 Å². The van der Waals surface area contributed by atoms with Crippen LogP contribution < -0.4 is 5.32 Å². The molecule has 3 aromatic rings. The molecule has 0 fully saturated rings. The molecule has 1 unspecified atom stereocenters. The summed E-state index contributed by atoms with van der Waals surface area (Å²) in [5.74, 6) is -1.41. The van der Waals surface area contributed by atoms with Gasteiger partial charge in [0.25, 0.3) is 0 Å². The molecule has 9 nitrogen and oxygen atoms in total. The normalized spacial score (nSPS) is 12.0. The van der Waals surface area contributed by atoms with E-state index < -0.39 is 10.8 Å². The van der Waals surface area contributed by atoms with E-state index in [9.17, 15) is 19.3 Å². The van der Waals surface area contributed by atoms with E-state index in [-0.39, 0.29) is 41.5 Å². The molecule has 1 atom stereocenters. The van der Waals surface area contributed by atoms with Crippen molar-refractivity contribution in [2.75, 3.05) is 5.32 Å². The molecule has 2 heterocycles. The first-order valence-electron chi connectivity index (χ1n) is 8.70. The lowest BCUT2D eigenvalue weighted by atomic mass is 10.1. The number of hydrogen-bond donors (Lipinski definition) is 1. The van der Waals surface area contributed by atoms with E-state index in [1.807, 2.05) is 0 Å². The standard InChI is InChI=1S/C18H18ClFN6O3/c1-11(8-25-12(2)7-16(22-25)26(28)29)18(27)21-17-14(19)10-24(23-17)9-13-5-3-4-6-15(13)20/h3-7,10-11H,8-9H2,1-2H3,(H,21,23,27). The number of nitrogens with one attached hydrogen (secondary N) is 1. The van der Waals surface area contributed by atoms with Crippen LogP contribution in [0.5, 0.6) is 0 Å². The van der Waals surface area contributed by atoms with Crippen molar-refractivity contribution in [2.24, 2.45) is 5.92 Å². The van der Waals surface area contributed by atoms with Crippen LogP contribution >= 0.6 is 11.6 Å². The molecule has 0 aliphatic carbocycles. The van der Waals surface area contributed by atoms with Crippen molar-refractivity contribution in [3.05, 3.63) is 68.7 Å². The van der Waals surface area contributed by atoms with E-state index in [2.05, 4.69) is 15.5 Å². The minimum absolute atomic E-state index is 0.152. The van der Waals surface area contributed by atoms with Gasteiger partial charge in [-0.1, -0.05) is 36.7 Å². The Balaban J connectivity index is 1.66. The highest BCUT2D eigenvalue weighted by Gasteiger charge is 2.22. The smallest absolute Gasteiger partial charge is 0.358 e. The van der Waals surface area contributed by atoms with E-state index in [1.54, 1.807) is 32.0 Å². The molecule has 0 aliphatic rings. The van der Waals surface area contributed by atoms with Crippen LogP contribution in [0.25, 0.3) is 0 Å². The quantitative estimate of drug-likeness (QED) is 0.465. The molecule has 0 spiro atoms. The highest BCUT2D eigenvalue weighted by atomic mass is 35.5. The molecule has 1 aromatic carbocycles. The third-order valence-corrected chi connectivity index (χ3v) is 4.58. The number of rotatable bonds is 7. The fourth-order valence-electron chi connectivity index (χ4n) is 2.71. The Kier molecular flexibility index (Phi) is 5.92. The fraction of sp³-hybridized carbons (Fsp3) is 0.278. The predicted molar refractivity (Wildman–Crippen MR) is 104 cm³/mol. The maximum atomic E-state index is 13.8. The maximum absolute atomic E-state index is 13.8. The Morgan fingerprint density at radius 2 is 2.10 bits per heavy atom. The van der Waals surface area contributed by atoms with Gasteiger partial charge in [0.2, 0.25) is 5.91 Å². The van der Waals surface area contributed by atoms with E-state index in [4.69, 9.17) is 11.6 Å². The van der Waals surface area contributed by atoms with Crippen LogP contribution in [0, 0.1) is 28.8 Å². The van der Waals surface area contributed by atoms with Crippen molar-refractivity contribution < 1.29 is 14.1 Å². The van der Waals surface area contributed by atoms with Crippen LogP contribution in [0.4, 0.5) is 16.0 Å². The highest BCUT2D eigenvalue weighted by molar-refractivity contribution is 6.33. The molecule has 0 aliphatic heterocycles. The lowest BCUT2D eigenvalue weighted by Crippen LogP contribution is -2.25. The molecule has 3 rings (SSSR count). The second-order valence-corrected chi connectivity index (χ2v) is 7.00. The van der Waals surface area contributed by atoms with E-state index in [0.717, 1.165) is 0 Å². The molecule has 0 saturated heterocycles. The zero-order valence-electron chi connectivity index (χ0n) is 15.7. The zero-order chi connectivity index (χ0) is 21.1. The summed E-state index contributed by atoms with van der Waals surface area (Å²) in [5.41, 5.74) is 1.01. The number of carbonyl (C=O) groups is 1. The summed E-state index contributed by atoms with van der Waals surface area (Å²) in [6, 6.07) is 7.64. The lowest BCUT2D eigenvalue weighted by Gasteiger charge is -2.10. The summed E-state index contributed by atoms with van der Waals surface area (Å²) in [7, 11) is 0. The van der Waals surface area contributed by atoms with Crippen molar-refractivity contribution in [2.45, 2.75) is 26.9 Å². The molecule has 29 heavy (non-hydrogen) atoms. The summed E-state index contributed by atoms with van der Waals surface area (Å²) in [6.07, 6.45) is 1.50. The van der Waals surface area contributed by atoms with E-state index in [1.165, 1.54) is 27.7 Å². The summed E-state index contributed by atoms with van der Waals surface area (Å²) >= 11 is 6.14. The van der Waals surface area contributed by atoms with Crippen LogP contribution in [0.15, 0.2) is 36.5 Å². The molecular formula is C18H18ClFN6O3. The van der Waals surface area contributed by atoms with Gasteiger partial charge in [0.05, 0.1) is 35.9 Å². The summed E-state index contributed by atoms with van der Waals surface area (Å²) < 4.78 is 16.6. The van der Waals surface area contributed by atoms with E-state index in [0.29, 0.717) is 11.3 Å². The van der Waals surface area contributed by atoms with Crippen LogP contribution in [0.2, 0.25) is 5.02 Å². The molecule has 152 valence electrons. The van der Waals surface area contributed by atoms with Crippen LogP contribution in [0.1, 0.15) is 18.2 Å². The molecular weight excluding hydrogens is 403 g/mol. The van der Waals surface area contributed by atoms with Gasteiger partial charge in [0.1, 0.15) is 10.8 Å². The van der Waals surface area contributed by atoms with Gasteiger partial charge in [-0.05, 0) is 17.9 Å². The van der Waals surface area contributed by atoms with Crippen molar-refractivity contribution in [1.82, 2.24) is 19.6 Å². The first-order chi connectivity index (χ1) is 13.7. The summed E-state index contributed by atoms with van der Waals surface area (Å²) in [4.78, 5) is 22.7. The number of aryl methyl sites for hydroxylation is 1. The highest BCUT2D eigenvalue weighted by Crippen LogP contribution is 2.22. The number of aromatic nitrogens is 4. The van der Waals surface area contributed by atoms with Crippen LogP contribution in [0.3, 0.4) is 0 Å². The first kappa shape index (κ1) is 20.5. The van der Waals surface area contributed by atoms with Gasteiger partial charge in [-0.25, -0.2) is 4.39 Å². The van der Waals surface area contributed by atoms with Crippen molar-refractivity contribution in [3.63, 3.8) is 0 Å². The summed E-state index contributed by atoms with van der Waals surface area (Å²) in [5, 5.41) is 21.7. The minimum Gasteiger partial charge on any atom is -0.358 e. The van der Waals surface area contributed by atoms with Gasteiger partial charge < -0.3 is 15.4 Å². The minimum atomic E-state index is -0.587. The number of amides is 1. The second kappa shape index (κ2) is 8.39. The Morgan fingerprint density at radius 1 is 1.38 bits per heavy atom. The Labute approximate surface area is 170 Å². The van der Waals surface area contributed by atoms with Gasteiger partial charge in [0, 0.05) is 11.8 Å². The van der Waals surface area contributed by atoms with Crippen molar-refractivity contribution >= 4 is 29.1 Å². The Morgan fingerprint density at radius 3 is 2.76 bits per heavy atom. The first-order valence-corrected chi connectivity index (χ1v) is 9.08. The number of carbonyl (C=O) groups excluding carboxylic acids is 1. The molecule has 0 bridgehead atoms. The van der Waals surface area contributed by atoms with Crippen molar-refractivity contribution in [3.8, 4) is 0 Å². The van der Waals surface area contributed by atoms with Gasteiger partial charge in [-0.2, -0.15) is 9.78 Å². The van der Waals surface area contributed by atoms with Gasteiger partial charge in [-0.3, -0.25) is 9.48 Å². The average Bonchev–Trinajstić information content (AvgIpc) is 3.19. The summed E-state index contributed by atoms with van der Waals surface area (Å²) in [6.45, 7) is 3.64. The third-order valence-electron chi connectivity index (χ3n) is 4.30. The third kappa shape index (κ3) is 4.77. The molecule has 1 N–H and O–H groups in total. The van der Waals surface area contributed by atoms with Crippen LogP contribution in [-0.2, 0) is 17.9 Å². The number of halogens is 2. The van der Waals surface area contributed by atoms with Crippen molar-refractivity contribution in [1.29, 1.82) is 0 Å². The second-order valence-electron chi connectivity index (χ2n) is 6.59. The topological polar surface area (TPSA) is 108 Å². The monoisotopic (exact) mass is 420 g/mol. The molecule has 1 amide bonds. The largest absolute Gasteiger partial charge is 0.390 e. The maximum Gasteiger partial charge on any atom is 0.390 e. The van der Waals surface area contributed by atoms with E-state index >= 15 is 0 Å². The van der Waals surface area contributed by atoms with Gasteiger partial charge in [-0.15, -0.1) is 0 Å². The number of nitro groups is 1. The SMILES string of the molecule is Cc1cc([N+](=O)[O-])nn1CC(C)C(=O)Nc1nn(Cc2ccccc2F)cc1Cl. The molecule has 11 heteroatoms. The van der Waals surface area contributed by atoms with Crippen LogP contribution in [-0.4, -0.2) is 30.4 Å². The number of anilines is 1. The molecule has 0 saturated carbocycles. The number of nitrogens with zero attached hydrogens (tertiary/aromatic N) is 5. The van der Waals surface area contributed by atoms with Gasteiger partial charge in [0.15, 0.2) is 5.82 Å². The Hall–Kier alpha value is -3.27. The zero-order valence-corrected chi connectivity index (χ0v) is 16.4. The molecule has 2 aromatic heterocycles. The number of hydrogen-bond acceptors (Lipinski definition) is 5. The average molecular weight is 421 g/mol. The predicted octanol–water partition coefficient (Wildman–Crippen LogP) is 3.41. The lowest BCUT2D eigenvalue weighted by molar-refractivity contribution is -0.389.